The minimum absolute atomic E-state index is 0.145. The maximum absolute atomic E-state index is 10.2. The number of hydrogen-bond acceptors (Lipinski definition) is 4. The van der Waals surface area contributed by atoms with Gasteiger partial charge in [-0.1, -0.05) is 6.07 Å². The number of benzene rings is 1. The van der Waals surface area contributed by atoms with Crippen molar-refractivity contribution < 1.29 is 14.6 Å². The first-order valence-electron chi connectivity index (χ1n) is 10.4. The Morgan fingerprint density at radius 2 is 1.96 bits per heavy atom. The molecule has 1 saturated heterocycles. The average Bonchev–Trinajstić information content (AvgIpc) is 3.26. The third-order valence-corrected chi connectivity index (χ3v) is 6.91. The maximum atomic E-state index is 10.2. The summed E-state index contributed by atoms with van der Waals surface area (Å²) >= 11 is 0. The predicted octanol–water partition coefficient (Wildman–Crippen LogP) is 3.89. The van der Waals surface area contributed by atoms with Crippen LogP contribution in [-0.4, -0.2) is 48.5 Å². The fourth-order valence-electron chi connectivity index (χ4n) is 5.47. The first-order valence-corrected chi connectivity index (χ1v) is 10.4. The van der Waals surface area contributed by atoms with Crippen LogP contribution in [0.4, 0.5) is 0 Å². The molecule has 26 heavy (non-hydrogen) atoms. The molecular weight excluding hydrogens is 326 g/mol. The van der Waals surface area contributed by atoms with Crippen LogP contribution < -0.4 is 9.47 Å². The Hall–Kier alpha value is -1.26. The molecule has 2 aliphatic carbocycles. The van der Waals surface area contributed by atoms with Gasteiger partial charge < -0.3 is 19.5 Å². The molecule has 2 saturated carbocycles. The van der Waals surface area contributed by atoms with E-state index in [1.165, 1.54) is 18.4 Å². The van der Waals surface area contributed by atoms with Crippen LogP contribution in [0.2, 0.25) is 0 Å². The molecule has 0 amide bonds. The van der Waals surface area contributed by atoms with Gasteiger partial charge in [-0.15, -0.1) is 0 Å². The molecule has 1 N–H and O–H groups in total. The minimum Gasteiger partial charge on any atom is -0.490 e. The highest BCUT2D eigenvalue weighted by Crippen LogP contribution is 2.50. The molecule has 0 radical (unpaired) electrons. The summed E-state index contributed by atoms with van der Waals surface area (Å²) in [5, 5.41) is 10.2. The molecule has 0 unspecified atom stereocenters. The normalized spacial score (nSPS) is 32.6. The zero-order valence-corrected chi connectivity index (χ0v) is 16.2. The Bertz CT molecular complexity index is 628. The van der Waals surface area contributed by atoms with Crippen LogP contribution in [0.1, 0.15) is 63.9 Å². The van der Waals surface area contributed by atoms with E-state index < -0.39 is 0 Å². The third kappa shape index (κ3) is 3.22. The SMILES string of the molecule is CCOc1ccc([C@@]23CC[C@H](O)C[C@@H]2N(C)CC3)cc1OC1CCCC1. The lowest BCUT2D eigenvalue weighted by Crippen LogP contribution is -2.47. The monoisotopic (exact) mass is 359 g/mol. The van der Waals surface area contributed by atoms with E-state index in [-0.39, 0.29) is 11.5 Å². The molecule has 1 aromatic rings. The largest absolute Gasteiger partial charge is 0.490 e. The molecule has 4 nitrogen and oxygen atoms in total. The van der Waals surface area contributed by atoms with Crippen molar-refractivity contribution >= 4 is 0 Å². The second-order valence-electron chi connectivity index (χ2n) is 8.45. The smallest absolute Gasteiger partial charge is 0.161 e. The van der Waals surface area contributed by atoms with Crippen LogP contribution in [0.25, 0.3) is 0 Å². The highest BCUT2D eigenvalue weighted by Gasteiger charge is 2.50. The fourth-order valence-corrected chi connectivity index (χ4v) is 5.47. The standard InChI is InChI=1S/C22H33NO3/c1-3-25-19-9-8-16(14-20(19)26-18-6-4-5-7-18)22-11-10-17(24)15-21(22)23(2)13-12-22/h8-9,14,17-18,21,24H,3-7,10-13,15H2,1-2H3/t17-,21-,22-/m0/s1. The number of fused-ring (bicyclic) bond motifs is 1. The second-order valence-corrected chi connectivity index (χ2v) is 8.45. The molecular formula is C22H33NO3. The van der Waals surface area contributed by atoms with Gasteiger partial charge in [-0.2, -0.15) is 0 Å². The van der Waals surface area contributed by atoms with E-state index in [0.717, 1.165) is 56.6 Å². The molecule has 4 heteroatoms. The average molecular weight is 360 g/mol. The summed E-state index contributed by atoms with van der Waals surface area (Å²) < 4.78 is 12.3. The Balaban J connectivity index is 1.67. The van der Waals surface area contributed by atoms with Gasteiger partial charge in [0.1, 0.15) is 0 Å². The third-order valence-electron chi connectivity index (χ3n) is 6.91. The molecule has 144 valence electrons. The lowest BCUT2D eigenvalue weighted by Gasteiger charge is -2.43. The number of rotatable bonds is 5. The summed E-state index contributed by atoms with van der Waals surface area (Å²) in [5.41, 5.74) is 1.52. The van der Waals surface area contributed by atoms with Crippen LogP contribution in [-0.2, 0) is 5.41 Å². The number of hydrogen-bond donors (Lipinski definition) is 1. The van der Waals surface area contributed by atoms with E-state index in [1.54, 1.807) is 0 Å². The molecule has 0 spiro atoms. The van der Waals surface area contributed by atoms with Gasteiger partial charge in [-0.25, -0.2) is 0 Å². The van der Waals surface area contributed by atoms with Crippen molar-refractivity contribution in [1.82, 2.24) is 4.90 Å². The van der Waals surface area contributed by atoms with Crippen molar-refractivity contribution in [3.63, 3.8) is 0 Å². The summed E-state index contributed by atoms with van der Waals surface area (Å²) in [7, 11) is 2.20. The van der Waals surface area contributed by atoms with Gasteiger partial charge in [0.25, 0.3) is 0 Å². The molecule has 0 bridgehead atoms. The maximum Gasteiger partial charge on any atom is 0.161 e. The lowest BCUT2D eigenvalue weighted by atomic mass is 9.65. The first kappa shape index (κ1) is 18.1. The van der Waals surface area contributed by atoms with E-state index in [9.17, 15) is 5.11 Å². The summed E-state index contributed by atoms with van der Waals surface area (Å²) in [5.74, 6) is 1.79. The van der Waals surface area contributed by atoms with E-state index >= 15 is 0 Å². The minimum atomic E-state index is -0.161. The first-order chi connectivity index (χ1) is 12.6. The summed E-state index contributed by atoms with van der Waals surface area (Å²) in [6, 6.07) is 7.03. The van der Waals surface area contributed by atoms with Crippen LogP contribution in [0.5, 0.6) is 11.5 Å². The molecule has 1 heterocycles. The molecule has 3 aliphatic rings. The Morgan fingerprint density at radius 1 is 1.15 bits per heavy atom. The lowest BCUT2D eigenvalue weighted by molar-refractivity contribution is 0.0565. The van der Waals surface area contributed by atoms with Gasteiger partial charge in [-0.05, 0) is 89.6 Å². The number of likely N-dealkylation sites (N-methyl/N-ethyl adjacent to an activating group) is 1. The zero-order chi connectivity index (χ0) is 18.1. The van der Waals surface area contributed by atoms with Crippen LogP contribution in [0, 0.1) is 0 Å². The van der Waals surface area contributed by atoms with E-state index in [1.807, 2.05) is 6.92 Å². The van der Waals surface area contributed by atoms with Crippen molar-refractivity contribution in [1.29, 1.82) is 0 Å². The molecule has 3 atom stereocenters. The topological polar surface area (TPSA) is 41.9 Å². The Labute approximate surface area is 157 Å². The Kier molecular flexibility index (Phi) is 5.15. The quantitative estimate of drug-likeness (QED) is 0.866. The van der Waals surface area contributed by atoms with Gasteiger partial charge in [0, 0.05) is 11.5 Å². The van der Waals surface area contributed by atoms with Crippen molar-refractivity contribution in [3.05, 3.63) is 23.8 Å². The number of ether oxygens (including phenoxy) is 2. The predicted molar refractivity (Wildman–Crippen MR) is 103 cm³/mol. The van der Waals surface area contributed by atoms with Gasteiger partial charge in [-0.3, -0.25) is 0 Å². The summed E-state index contributed by atoms with van der Waals surface area (Å²) in [4.78, 5) is 2.44. The van der Waals surface area contributed by atoms with Crippen molar-refractivity contribution in [2.24, 2.45) is 0 Å². The molecule has 3 fully saturated rings. The van der Waals surface area contributed by atoms with Crippen LogP contribution in [0.15, 0.2) is 18.2 Å². The van der Waals surface area contributed by atoms with E-state index in [2.05, 4.69) is 30.1 Å². The van der Waals surface area contributed by atoms with Gasteiger partial charge in [0.15, 0.2) is 11.5 Å². The fraction of sp³-hybridized carbons (Fsp3) is 0.727. The molecule has 4 rings (SSSR count). The van der Waals surface area contributed by atoms with E-state index in [4.69, 9.17) is 9.47 Å². The van der Waals surface area contributed by atoms with Crippen LogP contribution >= 0.6 is 0 Å². The van der Waals surface area contributed by atoms with Crippen molar-refractivity contribution in [3.8, 4) is 11.5 Å². The van der Waals surface area contributed by atoms with Crippen molar-refractivity contribution in [2.45, 2.75) is 82.0 Å². The number of aliphatic hydroxyl groups is 1. The molecule has 1 aromatic carbocycles. The molecule has 0 aromatic heterocycles. The summed E-state index contributed by atoms with van der Waals surface area (Å²) in [6.07, 6.45) is 9.00. The van der Waals surface area contributed by atoms with E-state index in [0.29, 0.717) is 18.8 Å². The number of likely N-dealkylation sites (tertiary alicyclic amines) is 1. The highest BCUT2D eigenvalue weighted by atomic mass is 16.5. The second kappa shape index (κ2) is 7.40. The van der Waals surface area contributed by atoms with Crippen molar-refractivity contribution in [2.75, 3.05) is 20.2 Å². The van der Waals surface area contributed by atoms with Crippen LogP contribution in [0.3, 0.4) is 0 Å². The van der Waals surface area contributed by atoms with Gasteiger partial charge in [0.2, 0.25) is 0 Å². The zero-order valence-electron chi connectivity index (χ0n) is 16.2. The molecule has 1 aliphatic heterocycles. The van der Waals surface area contributed by atoms with Gasteiger partial charge in [0.05, 0.1) is 18.8 Å². The highest BCUT2D eigenvalue weighted by molar-refractivity contribution is 5.47. The number of aliphatic hydroxyl groups excluding tert-OH is 1. The summed E-state index contributed by atoms with van der Waals surface area (Å²) in [6.45, 7) is 3.78. The Morgan fingerprint density at radius 3 is 2.73 bits per heavy atom. The van der Waals surface area contributed by atoms with Gasteiger partial charge >= 0.3 is 0 Å². The number of nitrogens with zero attached hydrogens (tertiary/aromatic N) is 1.